The standard InChI is InChI=1S/C26H32N4O2S/c1-20-9-4-5-10-21(20)19-28-15-17-29(18-16-28)24(31)13-3-2-8-14-30-25(32)22-11-6-7-12-23(22)27-26(30)33/h4-7,9-12H,2-3,8,13-19H2,1H3,(H,27,33). The summed E-state index contributed by atoms with van der Waals surface area (Å²) < 4.78 is 2.09. The largest absolute Gasteiger partial charge is 0.340 e. The third-order valence-corrected chi connectivity index (χ3v) is 6.86. The molecule has 0 bridgehead atoms. The zero-order chi connectivity index (χ0) is 23.2. The fourth-order valence-electron chi connectivity index (χ4n) is 4.47. The number of unbranched alkanes of at least 4 members (excludes halogenated alkanes) is 2. The van der Waals surface area contributed by atoms with Crippen molar-refractivity contribution in [2.75, 3.05) is 26.2 Å². The number of piperazine rings is 1. The predicted octanol–water partition coefficient (Wildman–Crippen LogP) is 4.27. The minimum Gasteiger partial charge on any atom is -0.340 e. The SMILES string of the molecule is Cc1ccccc1CN1CCN(C(=O)CCCCCn2c(=S)[nH]c3ccccc3c2=O)CC1. The molecule has 1 aliphatic rings. The second kappa shape index (κ2) is 10.9. The van der Waals surface area contributed by atoms with E-state index in [2.05, 4.69) is 41.1 Å². The number of aromatic amines is 1. The van der Waals surface area contributed by atoms with Crippen LogP contribution in [0.3, 0.4) is 0 Å². The molecular weight excluding hydrogens is 432 g/mol. The first kappa shape index (κ1) is 23.4. The van der Waals surface area contributed by atoms with Gasteiger partial charge in [-0.15, -0.1) is 0 Å². The van der Waals surface area contributed by atoms with Crippen molar-refractivity contribution in [2.24, 2.45) is 0 Å². The minimum absolute atomic E-state index is 0.0472. The Morgan fingerprint density at radius 1 is 0.970 bits per heavy atom. The molecule has 4 rings (SSSR count). The van der Waals surface area contributed by atoms with Crippen LogP contribution in [0.4, 0.5) is 0 Å². The van der Waals surface area contributed by atoms with E-state index in [9.17, 15) is 9.59 Å². The topological polar surface area (TPSA) is 61.3 Å². The van der Waals surface area contributed by atoms with Crippen molar-refractivity contribution < 1.29 is 4.79 Å². The van der Waals surface area contributed by atoms with Crippen molar-refractivity contribution in [3.63, 3.8) is 0 Å². The fraction of sp³-hybridized carbons (Fsp3) is 0.423. The number of aromatic nitrogens is 2. The molecule has 174 valence electrons. The number of para-hydroxylation sites is 1. The Hall–Kier alpha value is -2.77. The minimum atomic E-state index is -0.0472. The molecule has 0 spiro atoms. The van der Waals surface area contributed by atoms with E-state index >= 15 is 0 Å². The first-order valence-electron chi connectivity index (χ1n) is 11.8. The molecule has 1 amide bonds. The van der Waals surface area contributed by atoms with Gasteiger partial charge in [0.05, 0.1) is 10.9 Å². The molecule has 7 heteroatoms. The lowest BCUT2D eigenvalue weighted by Gasteiger charge is -2.35. The monoisotopic (exact) mass is 464 g/mol. The van der Waals surface area contributed by atoms with Crippen LogP contribution >= 0.6 is 12.2 Å². The van der Waals surface area contributed by atoms with Gasteiger partial charge >= 0.3 is 0 Å². The van der Waals surface area contributed by atoms with Crippen LogP contribution in [-0.4, -0.2) is 51.4 Å². The van der Waals surface area contributed by atoms with Crippen LogP contribution < -0.4 is 5.56 Å². The highest BCUT2D eigenvalue weighted by Crippen LogP contribution is 2.14. The number of aryl methyl sites for hydroxylation is 1. The van der Waals surface area contributed by atoms with E-state index in [1.54, 1.807) is 4.57 Å². The summed E-state index contributed by atoms with van der Waals surface area (Å²) in [5.74, 6) is 0.241. The van der Waals surface area contributed by atoms with Gasteiger partial charge in [0.1, 0.15) is 0 Å². The van der Waals surface area contributed by atoms with Gasteiger partial charge in [-0.2, -0.15) is 0 Å². The molecule has 1 fully saturated rings. The van der Waals surface area contributed by atoms with E-state index < -0.39 is 0 Å². The number of carbonyl (C=O) groups is 1. The zero-order valence-electron chi connectivity index (χ0n) is 19.3. The molecule has 1 saturated heterocycles. The van der Waals surface area contributed by atoms with E-state index in [0.29, 0.717) is 23.1 Å². The number of amides is 1. The Bertz CT molecular complexity index is 1220. The Morgan fingerprint density at radius 3 is 2.48 bits per heavy atom. The van der Waals surface area contributed by atoms with Gasteiger partial charge in [0.25, 0.3) is 5.56 Å². The molecule has 2 aromatic carbocycles. The number of carbonyl (C=O) groups excluding carboxylic acids is 1. The number of rotatable bonds is 8. The maximum absolute atomic E-state index is 12.7. The lowest BCUT2D eigenvalue weighted by atomic mass is 10.1. The van der Waals surface area contributed by atoms with Crippen LogP contribution in [-0.2, 0) is 17.9 Å². The number of benzene rings is 2. The van der Waals surface area contributed by atoms with Crippen molar-refractivity contribution >= 4 is 29.0 Å². The molecule has 33 heavy (non-hydrogen) atoms. The molecular formula is C26H32N4O2S. The van der Waals surface area contributed by atoms with E-state index in [0.717, 1.165) is 57.5 Å². The Balaban J connectivity index is 1.19. The Kier molecular flexibility index (Phi) is 7.73. The van der Waals surface area contributed by atoms with Crippen LogP contribution in [0, 0.1) is 11.7 Å². The van der Waals surface area contributed by atoms with Gasteiger partial charge in [-0.05, 0) is 55.2 Å². The summed E-state index contributed by atoms with van der Waals surface area (Å²) in [4.78, 5) is 32.9. The van der Waals surface area contributed by atoms with Gasteiger partial charge in [-0.3, -0.25) is 19.1 Å². The van der Waals surface area contributed by atoms with E-state index in [1.165, 1.54) is 11.1 Å². The summed E-state index contributed by atoms with van der Waals surface area (Å²) in [5, 5.41) is 0.655. The summed E-state index contributed by atoms with van der Waals surface area (Å²) in [6.07, 6.45) is 3.12. The zero-order valence-corrected chi connectivity index (χ0v) is 20.1. The molecule has 2 heterocycles. The maximum atomic E-state index is 12.7. The van der Waals surface area contributed by atoms with Crippen LogP contribution in [0.25, 0.3) is 10.9 Å². The average molecular weight is 465 g/mol. The molecule has 1 aliphatic heterocycles. The second-order valence-electron chi connectivity index (χ2n) is 8.83. The normalized spacial score (nSPS) is 14.6. The highest BCUT2D eigenvalue weighted by Gasteiger charge is 2.21. The molecule has 1 N–H and O–H groups in total. The summed E-state index contributed by atoms with van der Waals surface area (Å²) in [7, 11) is 0. The van der Waals surface area contributed by atoms with Crippen LogP contribution in [0.5, 0.6) is 0 Å². The third kappa shape index (κ3) is 5.78. The second-order valence-corrected chi connectivity index (χ2v) is 9.21. The van der Waals surface area contributed by atoms with Gasteiger partial charge < -0.3 is 9.88 Å². The smallest absolute Gasteiger partial charge is 0.262 e. The molecule has 0 saturated carbocycles. The molecule has 3 aromatic rings. The van der Waals surface area contributed by atoms with E-state index in [1.807, 2.05) is 29.2 Å². The highest BCUT2D eigenvalue weighted by molar-refractivity contribution is 7.71. The molecule has 1 aromatic heterocycles. The van der Waals surface area contributed by atoms with Crippen molar-refractivity contribution in [3.8, 4) is 0 Å². The van der Waals surface area contributed by atoms with Gasteiger partial charge in [-0.25, -0.2) is 0 Å². The number of H-pyrrole nitrogens is 1. The fourth-order valence-corrected chi connectivity index (χ4v) is 4.75. The van der Waals surface area contributed by atoms with Crippen molar-refractivity contribution in [1.29, 1.82) is 0 Å². The first-order valence-corrected chi connectivity index (χ1v) is 12.2. The molecule has 0 aliphatic carbocycles. The Labute approximate surface area is 199 Å². The first-order chi connectivity index (χ1) is 16.0. The lowest BCUT2D eigenvalue weighted by molar-refractivity contribution is -0.133. The number of hydrogen-bond acceptors (Lipinski definition) is 4. The highest BCUT2D eigenvalue weighted by atomic mass is 32.1. The summed E-state index contributed by atoms with van der Waals surface area (Å²) in [6, 6.07) is 15.9. The van der Waals surface area contributed by atoms with Crippen LogP contribution in [0.15, 0.2) is 53.3 Å². The van der Waals surface area contributed by atoms with Gasteiger partial charge in [0.15, 0.2) is 4.77 Å². The predicted molar refractivity (Wildman–Crippen MR) is 135 cm³/mol. The van der Waals surface area contributed by atoms with Crippen LogP contribution in [0.1, 0.15) is 36.8 Å². The van der Waals surface area contributed by atoms with Gasteiger partial charge in [0, 0.05) is 45.7 Å². The van der Waals surface area contributed by atoms with Crippen molar-refractivity contribution in [2.45, 2.75) is 45.7 Å². The van der Waals surface area contributed by atoms with Gasteiger partial charge in [-0.1, -0.05) is 42.8 Å². The van der Waals surface area contributed by atoms with Crippen molar-refractivity contribution in [1.82, 2.24) is 19.4 Å². The third-order valence-electron chi connectivity index (χ3n) is 6.54. The number of nitrogens with zero attached hydrogens (tertiary/aromatic N) is 3. The van der Waals surface area contributed by atoms with Crippen molar-refractivity contribution in [3.05, 3.63) is 74.8 Å². The molecule has 0 unspecified atom stereocenters. The summed E-state index contributed by atoms with van der Waals surface area (Å²) in [5.41, 5.74) is 3.41. The number of fused-ring (bicyclic) bond motifs is 1. The number of hydrogen-bond donors (Lipinski definition) is 1. The number of nitrogens with one attached hydrogen (secondary N) is 1. The summed E-state index contributed by atoms with van der Waals surface area (Å²) >= 11 is 5.37. The maximum Gasteiger partial charge on any atom is 0.262 e. The van der Waals surface area contributed by atoms with Gasteiger partial charge in [0.2, 0.25) is 5.91 Å². The lowest BCUT2D eigenvalue weighted by Crippen LogP contribution is -2.48. The summed E-state index contributed by atoms with van der Waals surface area (Å²) in [6.45, 7) is 7.11. The Morgan fingerprint density at radius 2 is 1.70 bits per heavy atom. The van der Waals surface area contributed by atoms with Crippen LogP contribution in [0.2, 0.25) is 0 Å². The van der Waals surface area contributed by atoms with E-state index in [-0.39, 0.29) is 11.5 Å². The molecule has 6 nitrogen and oxygen atoms in total. The molecule has 0 radical (unpaired) electrons. The van der Waals surface area contributed by atoms with E-state index in [4.69, 9.17) is 12.2 Å². The average Bonchev–Trinajstić information content (AvgIpc) is 2.82. The molecule has 0 atom stereocenters. The quantitative estimate of drug-likeness (QED) is 0.399.